The van der Waals surface area contributed by atoms with Crippen LogP contribution in [0.4, 0.5) is 0 Å². The van der Waals surface area contributed by atoms with E-state index in [1.54, 1.807) is 13.8 Å². The van der Waals surface area contributed by atoms with Crippen LogP contribution in [0.1, 0.15) is 40.0 Å². The molecule has 1 aliphatic rings. The topological polar surface area (TPSA) is 40.5 Å². The van der Waals surface area contributed by atoms with Crippen LogP contribution in [0.25, 0.3) is 0 Å². The van der Waals surface area contributed by atoms with E-state index in [9.17, 15) is 10.2 Å². The van der Waals surface area contributed by atoms with Gasteiger partial charge in [0.25, 0.3) is 0 Å². The van der Waals surface area contributed by atoms with Gasteiger partial charge < -0.3 is 10.2 Å². The zero-order valence-corrected chi connectivity index (χ0v) is 8.25. The molecule has 0 aromatic rings. The molecule has 2 nitrogen and oxygen atoms in total. The van der Waals surface area contributed by atoms with Crippen molar-refractivity contribution in [2.45, 2.75) is 51.7 Å². The van der Waals surface area contributed by atoms with Crippen LogP contribution in [0.5, 0.6) is 0 Å². The minimum absolute atomic E-state index is 0.0636. The fourth-order valence-electron chi connectivity index (χ4n) is 2.17. The summed E-state index contributed by atoms with van der Waals surface area (Å²) < 4.78 is 0. The summed E-state index contributed by atoms with van der Waals surface area (Å²) in [7, 11) is 0. The monoisotopic (exact) mass is 172 g/mol. The predicted molar refractivity (Wildman–Crippen MR) is 48.8 cm³/mol. The normalized spacial score (nSPS) is 38.2. The van der Waals surface area contributed by atoms with E-state index in [2.05, 4.69) is 6.92 Å². The molecule has 1 unspecified atom stereocenters. The predicted octanol–water partition coefficient (Wildman–Crippen LogP) is 1.55. The van der Waals surface area contributed by atoms with Crippen molar-refractivity contribution in [2.75, 3.05) is 0 Å². The first kappa shape index (κ1) is 10.0. The van der Waals surface area contributed by atoms with Gasteiger partial charge in [0.05, 0.1) is 11.7 Å². The van der Waals surface area contributed by atoms with Gasteiger partial charge in [-0.2, -0.15) is 0 Å². The third-order valence-electron chi connectivity index (χ3n) is 2.99. The lowest BCUT2D eigenvalue weighted by molar-refractivity contribution is -0.0730. The van der Waals surface area contributed by atoms with E-state index >= 15 is 0 Å². The highest BCUT2D eigenvalue weighted by Crippen LogP contribution is 2.35. The van der Waals surface area contributed by atoms with E-state index in [0.29, 0.717) is 5.92 Å². The summed E-state index contributed by atoms with van der Waals surface area (Å²) in [5, 5.41) is 19.5. The molecule has 0 radical (unpaired) electrons. The lowest BCUT2D eigenvalue weighted by atomic mass is 9.73. The highest BCUT2D eigenvalue weighted by atomic mass is 16.3. The van der Waals surface area contributed by atoms with E-state index in [-0.39, 0.29) is 12.0 Å². The first-order chi connectivity index (χ1) is 5.41. The molecule has 1 saturated carbocycles. The summed E-state index contributed by atoms with van der Waals surface area (Å²) in [5.41, 5.74) is -0.723. The van der Waals surface area contributed by atoms with Crippen molar-refractivity contribution in [1.82, 2.24) is 0 Å². The van der Waals surface area contributed by atoms with Crippen LogP contribution in [0, 0.1) is 11.8 Å². The van der Waals surface area contributed by atoms with Gasteiger partial charge in [-0.1, -0.05) is 13.3 Å². The molecule has 0 bridgehead atoms. The van der Waals surface area contributed by atoms with Crippen molar-refractivity contribution in [3.63, 3.8) is 0 Å². The average Bonchev–Trinajstić information content (AvgIpc) is 1.83. The highest BCUT2D eigenvalue weighted by molar-refractivity contribution is 4.87. The Morgan fingerprint density at radius 3 is 2.25 bits per heavy atom. The lowest BCUT2D eigenvalue weighted by Crippen LogP contribution is -2.42. The van der Waals surface area contributed by atoms with Crippen LogP contribution in [-0.2, 0) is 0 Å². The fraction of sp³-hybridized carbons (Fsp3) is 1.00. The molecular weight excluding hydrogens is 152 g/mol. The van der Waals surface area contributed by atoms with Gasteiger partial charge in [-0.25, -0.2) is 0 Å². The average molecular weight is 172 g/mol. The van der Waals surface area contributed by atoms with Crippen molar-refractivity contribution < 1.29 is 10.2 Å². The summed E-state index contributed by atoms with van der Waals surface area (Å²) >= 11 is 0. The molecule has 0 amide bonds. The van der Waals surface area contributed by atoms with E-state index < -0.39 is 5.60 Å². The van der Waals surface area contributed by atoms with E-state index in [0.717, 1.165) is 19.3 Å². The molecule has 72 valence electrons. The Hall–Kier alpha value is -0.0800. The number of aliphatic hydroxyl groups is 2. The summed E-state index contributed by atoms with van der Waals surface area (Å²) in [6.45, 7) is 5.73. The Bertz CT molecular complexity index is 148. The Balaban J connectivity index is 2.57. The molecule has 0 saturated heterocycles. The number of hydrogen-bond donors (Lipinski definition) is 2. The molecule has 2 N–H and O–H groups in total. The lowest BCUT2D eigenvalue weighted by Gasteiger charge is -2.38. The molecule has 1 fully saturated rings. The van der Waals surface area contributed by atoms with Crippen molar-refractivity contribution in [3.05, 3.63) is 0 Å². The second kappa shape index (κ2) is 3.35. The smallest absolute Gasteiger partial charge is 0.0644 e. The van der Waals surface area contributed by atoms with Crippen LogP contribution in [0.15, 0.2) is 0 Å². The van der Waals surface area contributed by atoms with Crippen molar-refractivity contribution in [2.24, 2.45) is 11.8 Å². The second-order valence-electron chi connectivity index (χ2n) is 4.75. The van der Waals surface area contributed by atoms with Gasteiger partial charge in [0, 0.05) is 5.92 Å². The van der Waals surface area contributed by atoms with Gasteiger partial charge in [0.15, 0.2) is 0 Å². The summed E-state index contributed by atoms with van der Waals surface area (Å²) in [5.74, 6) is 0.673. The second-order valence-corrected chi connectivity index (χ2v) is 4.75. The Morgan fingerprint density at radius 1 is 1.25 bits per heavy atom. The standard InChI is InChI=1S/C10H20O2/c1-7-4-5-8(9(11)6-7)10(2,3)12/h7-9,11-12H,4-6H2,1-3H3/t7-,8?,9-/m0/s1. The van der Waals surface area contributed by atoms with Crippen LogP contribution in [0.2, 0.25) is 0 Å². The molecule has 3 atom stereocenters. The molecule has 1 rings (SSSR count). The maximum atomic E-state index is 9.74. The minimum Gasteiger partial charge on any atom is -0.393 e. The summed E-state index contributed by atoms with van der Waals surface area (Å²) in [6, 6.07) is 0. The molecule has 1 aliphatic carbocycles. The molecular formula is C10H20O2. The van der Waals surface area contributed by atoms with Crippen LogP contribution in [-0.4, -0.2) is 21.9 Å². The quantitative estimate of drug-likeness (QED) is 0.630. The molecule has 0 heterocycles. The number of rotatable bonds is 1. The Kier molecular flexibility index (Phi) is 2.79. The molecule has 0 aromatic carbocycles. The van der Waals surface area contributed by atoms with Crippen LogP contribution >= 0.6 is 0 Å². The SMILES string of the molecule is C[C@H]1CCC(C(C)(C)O)[C@@H](O)C1. The first-order valence-electron chi connectivity index (χ1n) is 4.81. The van der Waals surface area contributed by atoms with Gasteiger partial charge in [-0.15, -0.1) is 0 Å². The summed E-state index contributed by atoms with van der Waals surface area (Å²) in [6.07, 6.45) is 2.61. The largest absolute Gasteiger partial charge is 0.393 e. The molecule has 2 heteroatoms. The highest BCUT2D eigenvalue weighted by Gasteiger charge is 2.36. The van der Waals surface area contributed by atoms with E-state index in [4.69, 9.17) is 0 Å². The van der Waals surface area contributed by atoms with Gasteiger partial charge >= 0.3 is 0 Å². The first-order valence-corrected chi connectivity index (χ1v) is 4.81. The molecule has 0 spiro atoms. The van der Waals surface area contributed by atoms with Gasteiger partial charge in [0.1, 0.15) is 0 Å². The van der Waals surface area contributed by atoms with Crippen LogP contribution in [0.3, 0.4) is 0 Å². The maximum absolute atomic E-state index is 9.74. The van der Waals surface area contributed by atoms with Crippen molar-refractivity contribution >= 4 is 0 Å². The minimum atomic E-state index is -0.723. The van der Waals surface area contributed by atoms with Crippen LogP contribution < -0.4 is 0 Å². The summed E-state index contributed by atoms with van der Waals surface area (Å²) in [4.78, 5) is 0. The molecule has 12 heavy (non-hydrogen) atoms. The van der Waals surface area contributed by atoms with E-state index in [1.165, 1.54) is 0 Å². The number of hydrogen-bond acceptors (Lipinski definition) is 2. The van der Waals surface area contributed by atoms with E-state index in [1.807, 2.05) is 0 Å². The number of aliphatic hydroxyl groups excluding tert-OH is 1. The van der Waals surface area contributed by atoms with Crippen molar-refractivity contribution in [3.8, 4) is 0 Å². The zero-order valence-electron chi connectivity index (χ0n) is 8.25. The Morgan fingerprint density at radius 2 is 1.83 bits per heavy atom. The van der Waals surface area contributed by atoms with Crippen molar-refractivity contribution in [1.29, 1.82) is 0 Å². The third kappa shape index (κ3) is 2.20. The third-order valence-corrected chi connectivity index (χ3v) is 2.99. The Labute approximate surface area is 74.6 Å². The van der Waals surface area contributed by atoms with Gasteiger partial charge in [-0.3, -0.25) is 0 Å². The molecule has 0 aromatic heterocycles. The zero-order chi connectivity index (χ0) is 9.35. The van der Waals surface area contributed by atoms with Gasteiger partial charge in [0.2, 0.25) is 0 Å². The molecule has 0 aliphatic heterocycles. The van der Waals surface area contributed by atoms with Gasteiger partial charge in [-0.05, 0) is 32.6 Å². The fourth-order valence-corrected chi connectivity index (χ4v) is 2.17. The maximum Gasteiger partial charge on any atom is 0.0644 e.